The van der Waals surface area contributed by atoms with Crippen molar-refractivity contribution in [1.82, 2.24) is 9.88 Å². The number of sulfone groups is 1. The maximum atomic E-state index is 12.8. The second-order valence-corrected chi connectivity index (χ2v) is 9.56. The average Bonchev–Trinajstić information content (AvgIpc) is 2.88. The van der Waals surface area contributed by atoms with E-state index in [-0.39, 0.29) is 30.7 Å². The Bertz CT molecular complexity index is 951. The molecule has 3 heterocycles. The average molecular weight is 374 g/mol. The van der Waals surface area contributed by atoms with Crippen molar-refractivity contribution in [3.8, 4) is 0 Å². The van der Waals surface area contributed by atoms with Gasteiger partial charge < -0.3 is 9.64 Å². The minimum Gasteiger partial charge on any atom is -0.381 e. The molecular weight excluding hydrogens is 352 g/mol. The van der Waals surface area contributed by atoms with Gasteiger partial charge in [-0.3, -0.25) is 9.78 Å². The zero-order chi connectivity index (χ0) is 18.4. The quantitative estimate of drug-likeness (QED) is 0.817. The zero-order valence-corrected chi connectivity index (χ0v) is 15.5. The van der Waals surface area contributed by atoms with Crippen molar-refractivity contribution >= 4 is 26.6 Å². The van der Waals surface area contributed by atoms with Crippen LogP contribution in [-0.4, -0.2) is 61.0 Å². The number of nitrogens with zero attached hydrogens (tertiary/aromatic N) is 2. The maximum absolute atomic E-state index is 12.8. The third-order valence-corrected chi connectivity index (χ3v) is 8.27. The van der Waals surface area contributed by atoms with E-state index in [1.807, 2.05) is 37.3 Å². The summed E-state index contributed by atoms with van der Waals surface area (Å²) in [7, 11) is -3.20. The Morgan fingerprint density at radius 1 is 1.35 bits per heavy atom. The molecule has 0 aliphatic carbocycles. The second-order valence-electron chi connectivity index (χ2n) is 7.11. The van der Waals surface area contributed by atoms with E-state index in [4.69, 9.17) is 4.74 Å². The van der Waals surface area contributed by atoms with Crippen LogP contribution in [-0.2, 0) is 14.6 Å². The van der Waals surface area contributed by atoms with Crippen LogP contribution in [0.2, 0.25) is 0 Å². The molecule has 2 aromatic rings. The van der Waals surface area contributed by atoms with Gasteiger partial charge in [-0.15, -0.1) is 0 Å². The van der Waals surface area contributed by atoms with E-state index >= 15 is 0 Å². The molecule has 138 valence electrons. The first-order valence-electron chi connectivity index (χ1n) is 8.91. The molecule has 1 amide bonds. The summed E-state index contributed by atoms with van der Waals surface area (Å²) >= 11 is 0. The molecule has 0 unspecified atom stereocenters. The van der Waals surface area contributed by atoms with Crippen molar-refractivity contribution in [2.45, 2.75) is 18.1 Å². The molecule has 7 heteroatoms. The molecule has 1 aromatic carbocycles. The highest BCUT2D eigenvalue weighted by molar-refractivity contribution is 7.93. The van der Waals surface area contributed by atoms with Gasteiger partial charge >= 0.3 is 0 Å². The molecule has 0 N–H and O–H groups in total. The van der Waals surface area contributed by atoms with E-state index in [1.54, 1.807) is 11.1 Å². The van der Waals surface area contributed by atoms with Crippen molar-refractivity contribution in [3.05, 3.63) is 42.1 Å². The van der Waals surface area contributed by atoms with Crippen LogP contribution in [0.25, 0.3) is 10.9 Å². The minimum absolute atomic E-state index is 0.0359. The largest absolute Gasteiger partial charge is 0.381 e. The first kappa shape index (κ1) is 17.4. The maximum Gasteiger partial charge on any atom is 0.255 e. The summed E-state index contributed by atoms with van der Waals surface area (Å²) in [6.07, 6.45) is 2.18. The molecule has 1 aromatic heterocycles. The molecule has 2 saturated heterocycles. The van der Waals surface area contributed by atoms with Gasteiger partial charge in [-0.2, -0.15) is 0 Å². The molecule has 4 rings (SSSR count). The van der Waals surface area contributed by atoms with Gasteiger partial charge in [0, 0.05) is 37.2 Å². The van der Waals surface area contributed by atoms with Gasteiger partial charge in [0.1, 0.15) is 4.75 Å². The summed E-state index contributed by atoms with van der Waals surface area (Å²) in [5.74, 6) is -0.0121. The Morgan fingerprint density at radius 2 is 2.12 bits per heavy atom. The van der Waals surface area contributed by atoms with Crippen LogP contribution >= 0.6 is 0 Å². The molecule has 0 bridgehead atoms. The summed E-state index contributed by atoms with van der Waals surface area (Å²) < 4.78 is 29.9. The Balaban J connectivity index is 1.54. The predicted molar refractivity (Wildman–Crippen MR) is 98.8 cm³/mol. The number of amides is 1. The predicted octanol–water partition coefficient (Wildman–Crippen LogP) is 1.90. The van der Waals surface area contributed by atoms with Crippen molar-refractivity contribution in [2.24, 2.45) is 5.92 Å². The number of para-hydroxylation sites is 1. The normalized spacial score (nSPS) is 23.3. The number of pyridine rings is 1. The Morgan fingerprint density at radius 3 is 2.88 bits per heavy atom. The number of ether oxygens (including phenoxy) is 1. The van der Waals surface area contributed by atoms with E-state index in [2.05, 4.69) is 4.98 Å². The second kappa shape index (κ2) is 6.32. The van der Waals surface area contributed by atoms with Gasteiger partial charge in [0.15, 0.2) is 9.84 Å². The van der Waals surface area contributed by atoms with Crippen molar-refractivity contribution < 1.29 is 17.9 Å². The molecule has 1 atom stereocenters. The fourth-order valence-corrected chi connectivity index (χ4v) is 6.48. The first-order valence-corrected chi connectivity index (χ1v) is 10.6. The molecular formula is C19H22N2O4S. The summed E-state index contributed by atoms with van der Waals surface area (Å²) in [4.78, 5) is 18.8. The van der Waals surface area contributed by atoms with Gasteiger partial charge in [0.25, 0.3) is 5.91 Å². The smallest absolute Gasteiger partial charge is 0.255 e. The molecule has 2 aliphatic heterocycles. The van der Waals surface area contributed by atoms with E-state index in [1.165, 1.54) is 0 Å². The number of likely N-dealkylation sites (tertiary alicyclic amines) is 1. The Kier molecular flexibility index (Phi) is 4.23. The lowest BCUT2D eigenvalue weighted by atomic mass is 9.83. The van der Waals surface area contributed by atoms with Crippen molar-refractivity contribution in [1.29, 1.82) is 0 Å². The monoisotopic (exact) mass is 374 g/mol. The first-order chi connectivity index (χ1) is 12.5. The third-order valence-electron chi connectivity index (χ3n) is 5.66. The SMILES string of the molecule is CCOC[C@H]1CCS(=O)(=O)C12CN(C(=O)c1cnc3ccccc3c1)C2. The van der Waals surface area contributed by atoms with Crippen LogP contribution in [0.3, 0.4) is 0 Å². The summed E-state index contributed by atoms with van der Waals surface area (Å²) in [5, 5.41) is 0.899. The number of benzene rings is 1. The Labute approximate surface area is 153 Å². The minimum atomic E-state index is -3.20. The number of fused-ring (bicyclic) bond motifs is 1. The van der Waals surface area contributed by atoms with Gasteiger partial charge in [0.05, 0.1) is 23.4 Å². The lowest BCUT2D eigenvalue weighted by Gasteiger charge is -2.49. The number of carbonyl (C=O) groups excluding carboxylic acids is 1. The summed E-state index contributed by atoms with van der Waals surface area (Å²) in [5.41, 5.74) is 1.33. The highest BCUT2D eigenvalue weighted by Crippen LogP contribution is 2.45. The fraction of sp³-hybridized carbons (Fsp3) is 0.474. The van der Waals surface area contributed by atoms with Crippen LogP contribution in [0.1, 0.15) is 23.7 Å². The standard InChI is InChI=1S/C19H22N2O4S/c1-2-25-11-16-7-8-26(23,24)19(16)12-21(13-19)18(22)15-9-14-5-3-4-6-17(14)20-10-15/h3-6,9-10,16H,2,7-8,11-13H2,1H3/t16-/m1/s1. The van der Waals surface area contributed by atoms with Crippen molar-refractivity contribution in [3.63, 3.8) is 0 Å². The van der Waals surface area contributed by atoms with Crippen LogP contribution in [0.5, 0.6) is 0 Å². The molecule has 6 nitrogen and oxygen atoms in total. The van der Waals surface area contributed by atoms with Gasteiger partial charge in [-0.1, -0.05) is 18.2 Å². The molecule has 1 spiro atoms. The van der Waals surface area contributed by atoms with E-state index < -0.39 is 14.6 Å². The van der Waals surface area contributed by atoms with Crippen LogP contribution < -0.4 is 0 Å². The number of rotatable bonds is 4. The molecule has 0 saturated carbocycles. The van der Waals surface area contributed by atoms with Gasteiger partial charge in [-0.05, 0) is 25.5 Å². The lowest BCUT2D eigenvalue weighted by molar-refractivity contribution is 0.0270. The number of carbonyl (C=O) groups is 1. The van der Waals surface area contributed by atoms with Crippen LogP contribution in [0.15, 0.2) is 36.5 Å². The van der Waals surface area contributed by atoms with Gasteiger partial charge in [-0.25, -0.2) is 8.42 Å². The fourth-order valence-electron chi connectivity index (χ4n) is 4.08. The number of aromatic nitrogens is 1. The third kappa shape index (κ3) is 2.61. The van der Waals surface area contributed by atoms with Crippen LogP contribution in [0.4, 0.5) is 0 Å². The Hall–Kier alpha value is -1.99. The summed E-state index contributed by atoms with van der Waals surface area (Å²) in [6, 6.07) is 9.43. The topological polar surface area (TPSA) is 76.6 Å². The number of hydrogen-bond donors (Lipinski definition) is 0. The van der Waals surface area contributed by atoms with Gasteiger partial charge in [0.2, 0.25) is 0 Å². The van der Waals surface area contributed by atoms with E-state index in [0.717, 1.165) is 10.9 Å². The lowest BCUT2D eigenvalue weighted by Crippen LogP contribution is -2.68. The van der Waals surface area contributed by atoms with E-state index in [0.29, 0.717) is 25.2 Å². The molecule has 2 fully saturated rings. The highest BCUT2D eigenvalue weighted by Gasteiger charge is 2.62. The molecule has 26 heavy (non-hydrogen) atoms. The molecule has 2 aliphatic rings. The zero-order valence-electron chi connectivity index (χ0n) is 14.7. The van der Waals surface area contributed by atoms with Crippen LogP contribution in [0, 0.1) is 5.92 Å². The molecule has 0 radical (unpaired) electrons. The number of hydrogen-bond acceptors (Lipinski definition) is 5. The van der Waals surface area contributed by atoms with Crippen molar-refractivity contribution in [2.75, 3.05) is 32.1 Å². The van der Waals surface area contributed by atoms with E-state index in [9.17, 15) is 13.2 Å². The summed E-state index contributed by atoms with van der Waals surface area (Å²) in [6.45, 7) is 3.41. The highest BCUT2D eigenvalue weighted by atomic mass is 32.2.